The zero-order valence-electron chi connectivity index (χ0n) is 11.1. The Balaban J connectivity index is 3.12. The van der Waals surface area contributed by atoms with Crippen LogP contribution in [0.25, 0.3) is 0 Å². The predicted molar refractivity (Wildman–Crippen MR) is 72.9 cm³/mol. The molecule has 1 aromatic rings. The Labute approximate surface area is 110 Å². The molecule has 3 N–H and O–H groups in total. The van der Waals surface area contributed by atoms with E-state index in [-0.39, 0.29) is 23.8 Å². The van der Waals surface area contributed by atoms with Crippen LogP contribution in [-0.4, -0.2) is 43.4 Å². The van der Waals surface area contributed by atoms with E-state index in [0.717, 1.165) is 0 Å². The zero-order chi connectivity index (χ0) is 14.6. The highest BCUT2D eigenvalue weighted by molar-refractivity contribution is 5.84. The van der Waals surface area contributed by atoms with Crippen molar-refractivity contribution >= 4 is 23.0 Å². The number of nitro groups is 1. The fourth-order valence-corrected chi connectivity index (χ4v) is 1.58. The molecule has 1 aromatic carbocycles. The number of anilines is 2. The summed E-state index contributed by atoms with van der Waals surface area (Å²) in [6, 6.07) is 4.71. The van der Waals surface area contributed by atoms with Crippen LogP contribution in [0.4, 0.5) is 17.1 Å². The van der Waals surface area contributed by atoms with Gasteiger partial charge < -0.3 is 15.2 Å². The summed E-state index contributed by atoms with van der Waals surface area (Å²) in [6.45, 7) is 0.0435. The van der Waals surface area contributed by atoms with Crippen molar-refractivity contribution < 1.29 is 9.72 Å². The van der Waals surface area contributed by atoms with Gasteiger partial charge in [0, 0.05) is 21.1 Å². The van der Waals surface area contributed by atoms with Gasteiger partial charge in [-0.3, -0.25) is 20.8 Å². The van der Waals surface area contributed by atoms with Crippen molar-refractivity contribution in [1.82, 2.24) is 4.90 Å². The number of carbonyl (C=O) groups is 1. The Morgan fingerprint density at radius 2 is 2.05 bits per heavy atom. The van der Waals surface area contributed by atoms with Crippen LogP contribution in [0.2, 0.25) is 0 Å². The maximum Gasteiger partial charge on any atom is 0.316 e. The number of amides is 1. The van der Waals surface area contributed by atoms with E-state index >= 15 is 0 Å². The quantitative estimate of drug-likeness (QED) is 0.454. The number of nitrogens with zero attached hydrogens (tertiary/aromatic N) is 3. The van der Waals surface area contributed by atoms with Crippen LogP contribution in [-0.2, 0) is 4.79 Å². The van der Waals surface area contributed by atoms with E-state index in [4.69, 9.17) is 5.84 Å². The molecule has 0 unspecified atom stereocenters. The molecule has 0 heterocycles. The number of benzene rings is 1. The first-order valence-electron chi connectivity index (χ1n) is 5.53. The molecule has 0 aliphatic heterocycles. The lowest BCUT2D eigenvalue weighted by Crippen LogP contribution is -2.34. The minimum Gasteiger partial charge on any atom is -0.360 e. The molecule has 19 heavy (non-hydrogen) atoms. The molecule has 0 atom stereocenters. The largest absolute Gasteiger partial charge is 0.360 e. The summed E-state index contributed by atoms with van der Waals surface area (Å²) in [5.41, 5.74) is 2.66. The fraction of sp³-hybridized carbons (Fsp3) is 0.364. The third kappa shape index (κ3) is 3.32. The average Bonchev–Trinajstić information content (AvgIpc) is 2.37. The Morgan fingerprint density at radius 3 is 2.53 bits per heavy atom. The summed E-state index contributed by atoms with van der Waals surface area (Å²) < 4.78 is 0. The van der Waals surface area contributed by atoms with E-state index < -0.39 is 4.92 Å². The molecule has 0 aliphatic rings. The molecule has 1 rings (SSSR count). The van der Waals surface area contributed by atoms with Gasteiger partial charge in [0.15, 0.2) is 0 Å². The van der Waals surface area contributed by atoms with Gasteiger partial charge in [0.1, 0.15) is 11.4 Å². The maximum absolute atomic E-state index is 11.6. The summed E-state index contributed by atoms with van der Waals surface area (Å²) in [5.74, 6) is 5.11. The minimum absolute atomic E-state index is 0.0435. The van der Waals surface area contributed by atoms with Gasteiger partial charge in [-0.1, -0.05) is 6.07 Å². The summed E-state index contributed by atoms with van der Waals surface area (Å²) in [6.07, 6.45) is 0. The van der Waals surface area contributed by atoms with Gasteiger partial charge in [0.05, 0.1) is 11.5 Å². The van der Waals surface area contributed by atoms with Gasteiger partial charge in [-0.25, -0.2) is 0 Å². The predicted octanol–water partition coefficient (Wildman–Crippen LogP) is 0.405. The lowest BCUT2D eigenvalue weighted by molar-refractivity contribution is -0.383. The molecule has 0 bridgehead atoms. The molecular weight excluding hydrogens is 250 g/mol. The standard InChI is InChI=1S/C11H17N5O3/c1-14(2)10(17)7-15(3)9-6-4-5-8(13-12)11(9)16(18)19/h4-6,13H,7,12H2,1-3H3. The van der Waals surface area contributed by atoms with E-state index in [0.29, 0.717) is 5.69 Å². The van der Waals surface area contributed by atoms with Crippen LogP contribution in [0.3, 0.4) is 0 Å². The van der Waals surface area contributed by atoms with E-state index in [1.165, 1.54) is 15.9 Å². The Kier molecular flexibility index (Phi) is 4.65. The van der Waals surface area contributed by atoms with Crippen molar-refractivity contribution in [3.05, 3.63) is 28.3 Å². The number of hydrogen-bond acceptors (Lipinski definition) is 6. The summed E-state index contributed by atoms with van der Waals surface area (Å²) in [4.78, 5) is 25.2. The zero-order valence-corrected chi connectivity index (χ0v) is 11.1. The SMILES string of the molecule is CN(C)C(=O)CN(C)c1cccc(NN)c1[N+](=O)[O-]. The van der Waals surface area contributed by atoms with Gasteiger partial charge in [-0.05, 0) is 12.1 Å². The summed E-state index contributed by atoms with van der Waals surface area (Å²) in [5, 5.41) is 11.1. The van der Waals surface area contributed by atoms with Crippen molar-refractivity contribution in [3.8, 4) is 0 Å². The molecule has 0 fully saturated rings. The highest BCUT2D eigenvalue weighted by Gasteiger charge is 2.23. The first kappa shape index (κ1) is 14.7. The molecule has 104 valence electrons. The van der Waals surface area contributed by atoms with Crippen LogP contribution < -0.4 is 16.2 Å². The van der Waals surface area contributed by atoms with Crippen LogP contribution in [0.5, 0.6) is 0 Å². The van der Waals surface area contributed by atoms with E-state index in [2.05, 4.69) is 5.43 Å². The highest BCUT2D eigenvalue weighted by atomic mass is 16.6. The number of likely N-dealkylation sites (N-methyl/N-ethyl adjacent to an activating group) is 2. The number of hydrazine groups is 1. The topological polar surface area (TPSA) is 105 Å². The normalized spacial score (nSPS) is 9.89. The van der Waals surface area contributed by atoms with Crippen molar-refractivity contribution in [2.24, 2.45) is 5.84 Å². The van der Waals surface area contributed by atoms with Crippen LogP contribution in [0, 0.1) is 10.1 Å². The highest BCUT2D eigenvalue weighted by Crippen LogP contribution is 2.34. The lowest BCUT2D eigenvalue weighted by atomic mass is 10.2. The lowest BCUT2D eigenvalue weighted by Gasteiger charge is -2.21. The number of carbonyl (C=O) groups excluding carboxylic acids is 1. The molecule has 8 heteroatoms. The molecule has 0 aliphatic carbocycles. The van der Waals surface area contributed by atoms with Gasteiger partial charge in [-0.15, -0.1) is 0 Å². The smallest absolute Gasteiger partial charge is 0.316 e. The summed E-state index contributed by atoms with van der Waals surface area (Å²) in [7, 11) is 4.87. The van der Waals surface area contributed by atoms with E-state index in [1.54, 1.807) is 33.3 Å². The Bertz CT molecular complexity index is 489. The summed E-state index contributed by atoms with van der Waals surface area (Å²) >= 11 is 0. The molecule has 1 amide bonds. The maximum atomic E-state index is 11.6. The van der Waals surface area contributed by atoms with E-state index in [1.807, 2.05) is 0 Å². The third-order valence-electron chi connectivity index (χ3n) is 2.64. The first-order valence-corrected chi connectivity index (χ1v) is 5.53. The molecule has 0 saturated carbocycles. The number of para-hydroxylation sites is 1. The number of nitro benzene ring substituents is 1. The number of nitrogens with one attached hydrogen (secondary N) is 1. The Morgan fingerprint density at radius 1 is 1.42 bits per heavy atom. The molecule has 0 spiro atoms. The van der Waals surface area contributed by atoms with Crippen LogP contribution >= 0.6 is 0 Å². The number of rotatable bonds is 5. The van der Waals surface area contributed by atoms with Crippen molar-refractivity contribution in [2.75, 3.05) is 38.0 Å². The van der Waals surface area contributed by atoms with Gasteiger partial charge >= 0.3 is 5.69 Å². The number of nitrogen functional groups attached to an aromatic ring is 1. The number of nitrogens with two attached hydrogens (primary N) is 1. The second kappa shape index (κ2) is 6.01. The van der Waals surface area contributed by atoms with Crippen LogP contribution in [0.1, 0.15) is 0 Å². The molecule has 0 radical (unpaired) electrons. The molecule has 8 nitrogen and oxygen atoms in total. The molecule has 0 saturated heterocycles. The van der Waals surface area contributed by atoms with Crippen molar-refractivity contribution in [2.45, 2.75) is 0 Å². The monoisotopic (exact) mass is 267 g/mol. The molecular formula is C11H17N5O3. The second-order valence-corrected chi connectivity index (χ2v) is 4.22. The van der Waals surface area contributed by atoms with Crippen LogP contribution in [0.15, 0.2) is 18.2 Å². The van der Waals surface area contributed by atoms with Gasteiger partial charge in [0.2, 0.25) is 5.91 Å². The fourth-order valence-electron chi connectivity index (χ4n) is 1.58. The minimum atomic E-state index is -0.527. The van der Waals surface area contributed by atoms with Gasteiger partial charge in [0.25, 0.3) is 0 Å². The van der Waals surface area contributed by atoms with Crippen molar-refractivity contribution in [1.29, 1.82) is 0 Å². The first-order chi connectivity index (χ1) is 8.88. The third-order valence-corrected chi connectivity index (χ3v) is 2.64. The van der Waals surface area contributed by atoms with Gasteiger partial charge in [-0.2, -0.15) is 0 Å². The van der Waals surface area contributed by atoms with E-state index in [9.17, 15) is 14.9 Å². The second-order valence-electron chi connectivity index (χ2n) is 4.22. The Hall–Kier alpha value is -2.35. The number of hydrogen-bond donors (Lipinski definition) is 2. The van der Waals surface area contributed by atoms with Crippen molar-refractivity contribution in [3.63, 3.8) is 0 Å². The molecule has 0 aromatic heterocycles. The average molecular weight is 267 g/mol.